The molecular formula is C71H103F5N12O12. The van der Waals surface area contributed by atoms with E-state index in [0.29, 0.717) is 43.4 Å². The largest absolute Gasteiger partial charge is 0.422 e. The number of likely N-dealkylation sites (N-methyl/N-ethyl adjacent to an activating group) is 7. The van der Waals surface area contributed by atoms with E-state index in [1.807, 2.05) is 27.7 Å². The van der Waals surface area contributed by atoms with Gasteiger partial charge in [-0.05, 0) is 106 Å². The van der Waals surface area contributed by atoms with Gasteiger partial charge in [0.25, 0.3) is 0 Å². The molecule has 29 heteroatoms. The summed E-state index contributed by atoms with van der Waals surface area (Å²) in [5.74, 6) is -14.1. The molecule has 2 aromatic carbocycles. The molecule has 1 saturated carbocycles. The first-order valence-corrected chi connectivity index (χ1v) is 34.7. The fraction of sp³-hybridized carbons (Fsp3) is 0.662. The molecule has 100 heavy (non-hydrogen) atoms. The summed E-state index contributed by atoms with van der Waals surface area (Å²) in [6.45, 7) is 13.3. The SMILES string of the molecule is CC[C@H](C)[C@@H]1NC(=O)[C@H](CC(C)C)N(C)C(=O)C[C@@H](C(=O)N(C)C)N(C)C(=O)[C@H]([C@@H](C)CC)N(C)C(=O)C2(CCCC2)NC(=O)[C@@H]2CCCN2C(=O)[C@H](CCc2cc(F)c(C(F)(F)F)c(F)c2)NC(=O)CN(C)C(=O)[C@H](Cc2ccc(C)cc2)N(C)C(=O)[C@@H]2CCN2C(=O)[C@H](C)N(C)C1=O. The van der Waals surface area contributed by atoms with Crippen molar-refractivity contribution in [2.75, 3.05) is 76.0 Å². The Morgan fingerprint density at radius 1 is 0.650 bits per heavy atom. The minimum Gasteiger partial charge on any atom is -0.347 e. The van der Waals surface area contributed by atoms with E-state index < -0.39 is 192 Å². The van der Waals surface area contributed by atoms with Crippen LogP contribution in [0, 0.1) is 36.3 Å². The Labute approximate surface area is 583 Å². The molecule has 0 radical (unpaired) electrons. The highest BCUT2D eigenvalue weighted by Crippen LogP contribution is 2.37. The normalized spacial score (nSPS) is 26.0. The van der Waals surface area contributed by atoms with Crippen molar-refractivity contribution in [3.05, 3.63) is 70.3 Å². The van der Waals surface area contributed by atoms with Gasteiger partial charge in [-0.15, -0.1) is 0 Å². The molecule has 24 nitrogen and oxygen atoms in total. The second-order valence-electron chi connectivity index (χ2n) is 28.5. The van der Waals surface area contributed by atoms with Crippen LogP contribution in [-0.2, 0) is 76.6 Å². The number of rotatable bonds is 12. The van der Waals surface area contributed by atoms with Crippen LogP contribution in [0.15, 0.2) is 36.4 Å². The van der Waals surface area contributed by atoms with Crippen LogP contribution >= 0.6 is 0 Å². The van der Waals surface area contributed by atoms with Crippen LogP contribution in [0.1, 0.15) is 148 Å². The van der Waals surface area contributed by atoms with Crippen molar-refractivity contribution in [1.82, 2.24) is 60.0 Å². The van der Waals surface area contributed by atoms with Crippen LogP contribution in [-0.4, -0.2) is 251 Å². The second-order valence-corrected chi connectivity index (χ2v) is 28.5. The number of benzene rings is 2. The Balaban J connectivity index is 1.46. The predicted octanol–water partition coefficient (Wildman–Crippen LogP) is 4.70. The Morgan fingerprint density at radius 3 is 1.78 bits per heavy atom. The van der Waals surface area contributed by atoms with Crippen molar-refractivity contribution in [1.29, 1.82) is 0 Å². The van der Waals surface area contributed by atoms with Crippen molar-refractivity contribution in [3.63, 3.8) is 0 Å². The first-order chi connectivity index (χ1) is 46.7. The lowest BCUT2D eigenvalue weighted by atomic mass is 9.90. The third-order valence-corrected chi connectivity index (χ3v) is 20.8. The number of nitrogens with zero attached hydrogens (tertiary/aromatic N) is 9. The number of halogens is 5. The first kappa shape index (κ1) is 80.7. The third-order valence-electron chi connectivity index (χ3n) is 20.8. The average Bonchev–Trinajstić information content (AvgIpc) is 1.33. The molecule has 0 bridgehead atoms. The molecule has 3 aliphatic heterocycles. The minimum atomic E-state index is -5.40. The van der Waals surface area contributed by atoms with Gasteiger partial charge in [-0.1, -0.05) is 97.1 Å². The Kier molecular flexibility index (Phi) is 27.4. The number of alkyl halides is 3. The van der Waals surface area contributed by atoms with Crippen LogP contribution in [0.25, 0.3) is 0 Å². The van der Waals surface area contributed by atoms with E-state index in [4.69, 9.17) is 0 Å². The maximum Gasteiger partial charge on any atom is 0.422 e. The Morgan fingerprint density at radius 2 is 1.24 bits per heavy atom. The van der Waals surface area contributed by atoms with Gasteiger partial charge in [-0.3, -0.25) is 57.5 Å². The van der Waals surface area contributed by atoms with E-state index in [1.54, 1.807) is 45.0 Å². The third kappa shape index (κ3) is 18.4. The number of carbonyl (C=O) groups excluding carboxylic acids is 12. The summed E-state index contributed by atoms with van der Waals surface area (Å²) >= 11 is 0. The standard InChI is InChI=1S/C71H103F5N12O12/c1-17-42(6)58-67(98)82(12)44(8)62(93)88-33-29-51(88)66(97)84(14)53(37-45-25-23-41(5)24-26-45)65(96)81(11)39-55(89)77-49(28-27-46-35-47(72)57(48(73)36-46)71(74,75)76)63(94)87-32-21-22-50(87)61(92)79-70(30-19-20-31-70)69(100)86(16)59(43(7)18-2)68(99)85(15)54(64(95)80(9)10)38-56(90)83(13)52(34-40(3)4)60(91)78-58/h23-26,35-36,40,42-44,49-54,58-59H,17-22,27-34,37-39H2,1-16H3,(H,77,89)(H,78,91)(H,79,92)/t42-,43-,44-,49-,50-,51-,52-,53-,54-,58-,59-/m0/s1. The van der Waals surface area contributed by atoms with Crippen LogP contribution in [0.3, 0.4) is 0 Å². The van der Waals surface area contributed by atoms with Crippen molar-refractivity contribution in [2.45, 2.75) is 211 Å². The lowest BCUT2D eigenvalue weighted by Crippen LogP contribution is -2.65. The van der Waals surface area contributed by atoms with E-state index in [1.165, 1.54) is 92.7 Å². The van der Waals surface area contributed by atoms with E-state index >= 15 is 23.2 Å². The summed E-state index contributed by atoms with van der Waals surface area (Å²) in [6.07, 6.45) is -4.86. The highest BCUT2D eigenvalue weighted by Gasteiger charge is 2.52. The molecular weight excluding hydrogens is 1310 g/mol. The molecule has 3 saturated heterocycles. The van der Waals surface area contributed by atoms with Crippen molar-refractivity contribution < 1.29 is 79.5 Å². The van der Waals surface area contributed by atoms with Gasteiger partial charge in [0.15, 0.2) is 0 Å². The topological polar surface area (TPSA) is 270 Å². The molecule has 554 valence electrons. The molecule has 2 aromatic rings. The summed E-state index contributed by atoms with van der Waals surface area (Å²) in [7, 11) is 11.0. The van der Waals surface area contributed by atoms with Gasteiger partial charge in [0.05, 0.1) is 13.0 Å². The zero-order valence-corrected chi connectivity index (χ0v) is 60.7. The quantitative estimate of drug-likeness (QED) is 0.244. The van der Waals surface area contributed by atoms with Gasteiger partial charge in [-0.25, -0.2) is 8.78 Å². The number of amides is 12. The molecule has 12 amide bonds. The molecule has 0 aromatic heterocycles. The predicted molar refractivity (Wildman–Crippen MR) is 360 cm³/mol. The van der Waals surface area contributed by atoms with Crippen LogP contribution in [0.4, 0.5) is 22.0 Å². The zero-order valence-electron chi connectivity index (χ0n) is 60.7. The molecule has 11 atom stereocenters. The summed E-state index contributed by atoms with van der Waals surface area (Å²) < 4.78 is 71.3. The molecule has 4 aliphatic rings. The molecule has 3 heterocycles. The monoisotopic (exact) mass is 1410 g/mol. The number of aryl methyl sites for hydroxylation is 2. The summed E-state index contributed by atoms with van der Waals surface area (Å²) in [4.78, 5) is 189. The van der Waals surface area contributed by atoms with Gasteiger partial charge in [0.2, 0.25) is 70.9 Å². The number of fused-ring (bicyclic) bond motifs is 2. The fourth-order valence-corrected chi connectivity index (χ4v) is 13.9. The van der Waals surface area contributed by atoms with Crippen molar-refractivity contribution >= 4 is 70.9 Å². The summed E-state index contributed by atoms with van der Waals surface area (Å²) in [5, 5.41) is 8.43. The van der Waals surface area contributed by atoms with Crippen molar-refractivity contribution in [2.24, 2.45) is 17.8 Å². The number of hydrogen-bond donors (Lipinski definition) is 3. The van der Waals surface area contributed by atoms with Gasteiger partial charge in [0.1, 0.15) is 77.1 Å². The van der Waals surface area contributed by atoms with Crippen molar-refractivity contribution in [3.8, 4) is 0 Å². The zero-order chi connectivity index (χ0) is 74.9. The van der Waals surface area contributed by atoms with Crippen LogP contribution in [0.2, 0.25) is 0 Å². The number of nitrogens with one attached hydrogen (secondary N) is 3. The number of carbonyl (C=O) groups is 12. The van der Waals surface area contributed by atoms with E-state index in [9.17, 15) is 56.3 Å². The van der Waals surface area contributed by atoms with Gasteiger partial charge in [0, 0.05) is 75.9 Å². The van der Waals surface area contributed by atoms with Crippen LogP contribution < -0.4 is 16.0 Å². The molecule has 4 fully saturated rings. The maximum atomic E-state index is 15.4. The Bertz CT molecular complexity index is 3340. The molecule has 6 rings (SSSR count). The summed E-state index contributed by atoms with van der Waals surface area (Å²) in [5.41, 5.74) is -2.63. The summed E-state index contributed by atoms with van der Waals surface area (Å²) in [6, 6.07) is -3.93. The maximum absolute atomic E-state index is 15.4. The molecule has 3 N–H and O–H groups in total. The van der Waals surface area contributed by atoms with Crippen LogP contribution in [0.5, 0.6) is 0 Å². The lowest BCUT2D eigenvalue weighted by Gasteiger charge is -2.45. The van der Waals surface area contributed by atoms with Gasteiger partial charge < -0.3 is 60.0 Å². The smallest absolute Gasteiger partial charge is 0.347 e. The van der Waals surface area contributed by atoms with E-state index in [-0.39, 0.29) is 69.5 Å². The average molecular weight is 1410 g/mol. The van der Waals surface area contributed by atoms with E-state index in [2.05, 4.69) is 16.0 Å². The number of hydrogen-bond acceptors (Lipinski definition) is 12. The molecule has 1 aliphatic carbocycles. The minimum absolute atomic E-state index is 0.0392. The second kappa shape index (κ2) is 33.9. The van der Waals surface area contributed by atoms with Gasteiger partial charge in [-0.2, -0.15) is 13.2 Å². The highest BCUT2D eigenvalue weighted by molar-refractivity contribution is 6.01. The molecule has 1 spiro atoms. The van der Waals surface area contributed by atoms with Gasteiger partial charge >= 0.3 is 6.18 Å². The molecule has 0 unspecified atom stereocenters. The van der Waals surface area contributed by atoms with E-state index in [0.717, 1.165) is 20.3 Å². The first-order valence-electron chi connectivity index (χ1n) is 34.7. The Hall–Kier alpha value is -8.27. The lowest BCUT2D eigenvalue weighted by molar-refractivity contribution is -0.160. The fourth-order valence-electron chi connectivity index (χ4n) is 13.9. The highest BCUT2D eigenvalue weighted by atomic mass is 19.4.